The van der Waals surface area contributed by atoms with Crippen LogP contribution < -0.4 is 15.8 Å². The van der Waals surface area contributed by atoms with E-state index in [1.807, 2.05) is 22.6 Å². The number of nitrogens with one attached hydrogen (secondary N) is 1. The highest BCUT2D eigenvalue weighted by Crippen LogP contribution is 2.22. The van der Waals surface area contributed by atoms with Crippen molar-refractivity contribution in [2.75, 3.05) is 5.32 Å². The predicted octanol–water partition coefficient (Wildman–Crippen LogP) is 3.97. The van der Waals surface area contributed by atoms with Crippen molar-refractivity contribution < 1.29 is 18.7 Å². The fraction of sp³-hybridized carbons (Fsp3) is 0. The van der Waals surface area contributed by atoms with Crippen LogP contribution in [0.4, 0.5) is 10.1 Å². The van der Waals surface area contributed by atoms with E-state index >= 15 is 0 Å². The molecular weight excluding hydrogens is 464 g/mol. The second-order valence-electron chi connectivity index (χ2n) is 5.46. The molecule has 0 saturated carbocycles. The van der Waals surface area contributed by atoms with E-state index in [0.717, 1.165) is 0 Å². The zero-order chi connectivity index (χ0) is 19.4. The average Bonchev–Trinajstić information content (AvgIpc) is 2.63. The van der Waals surface area contributed by atoms with Crippen LogP contribution in [0.2, 0.25) is 0 Å². The highest BCUT2D eigenvalue weighted by atomic mass is 127. The van der Waals surface area contributed by atoms with Gasteiger partial charge in [-0.1, -0.05) is 6.07 Å². The van der Waals surface area contributed by atoms with Gasteiger partial charge in [0.1, 0.15) is 11.6 Å². The van der Waals surface area contributed by atoms with Crippen LogP contribution in [0.5, 0.6) is 11.6 Å². The average molecular weight is 477 g/mol. The number of amides is 2. The fourth-order valence-electron chi connectivity index (χ4n) is 2.22. The minimum absolute atomic E-state index is 0.283. The van der Waals surface area contributed by atoms with Crippen molar-refractivity contribution in [2.45, 2.75) is 0 Å². The lowest BCUT2D eigenvalue weighted by Gasteiger charge is -2.09. The SMILES string of the molecule is NC(=O)c1cccc(Oc2ccc(NC(=O)c3ccc(F)cc3I)cn2)c1. The number of benzene rings is 2. The number of carbonyl (C=O) groups is 2. The Morgan fingerprint density at radius 3 is 2.59 bits per heavy atom. The first-order valence-corrected chi connectivity index (χ1v) is 8.80. The van der Waals surface area contributed by atoms with Crippen molar-refractivity contribution in [3.8, 4) is 11.6 Å². The quantitative estimate of drug-likeness (QED) is 0.544. The number of pyridine rings is 1. The molecule has 2 aromatic carbocycles. The van der Waals surface area contributed by atoms with Crippen molar-refractivity contribution in [3.63, 3.8) is 0 Å². The number of nitrogens with two attached hydrogens (primary N) is 1. The van der Waals surface area contributed by atoms with E-state index in [1.165, 1.54) is 30.5 Å². The van der Waals surface area contributed by atoms with Crippen LogP contribution in [0, 0.1) is 9.39 Å². The van der Waals surface area contributed by atoms with E-state index < -0.39 is 11.7 Å². The van der Waals surface area contributed by atoms with E-state index in [2.05, 4.69) is 10.3 Å². The van der Waals surface area contributed by atoms with Gasteiger partial charge in [-0.25, -0.2) is 9.37 Å². The standard InChI is InChI=1S/C19H13FIN3O3/c20-12-4-6-15(16(21)9-12)19(26)24-13-5-7-17(23-10-13)27-14-3-1-2-11(8-14)18(22)25/h1-10H,(H2,22,25)(H,24,26). The maximum atomic E-state index is 13.1. The first-order chi connectivity index (χ1) is 12.9. The summed E-state index contributed by atoms with van der Waals surface area (Å²) >= 11 is 1.90. The highest BCUT2D eigenvalue weighted by Gasteiger charge is 2.11. The van der Waals surface area contributed by atoms with Gasteiger partial charge in [-0.15, -0.1) is 0 Å². The lowest BCUT2D eigenvalue weighted by Crippen LogP contribution is -2.13. The molecular formula is C19H13FIN3O3. The summed E-state index contributed by atoms with van der Waals surface area (Å²) in [7, 11) is 0. The summed E-state index contributed by atoms with van der Waals surface area (Å²) in [6, 6.07) is 13.5. The molecule has 8 heteroatoms. The van der Waals surface area contributed by atoms with Crippen LogP contribution in [-0.2, 0) is 0 Å². The van der Waals surface area contributed by atoms with Crippen molar-refractivity contribution in [2.24, 2.45) is 5.73 Å². The summed E-state index contributed by atoms with van der Waals surface area (Å²) in [5.74, 6) is -0.632. The van der Waals surface area contributed by atoms with Crippen LogP contribution in [-0.4, -0.2) is 16.8 Å². The Hall–Kier alpha value is -3.01. The van der Waals surface area contributed by atoms with Gasteiger partial charge in [0, 0.05) is 15.2 Å². The van der Waals surface area contributed by atoms with Gasteiger partial charge < -0.3 is 15.8 Å². The Kier molecular flexibility index (Phi) is 5.65. The van der Waals surface area contributed by atoms with Crippen LogP contribution in [0.15, 0.2) is 60.8 Å². The van der Waals surface area contributed by atoms with Crippen LogP contribution in [0.25, 0.3) is 0 Å². The minimum Gasteiger partial charge on any atom is -0.439 e. The lowest BCUT2D eigenvalue weighted by atomic mass is 10.2. The summed E-state index contributed by atoms with van der Waals surface area (Å²) < 4.78 is 19.2. The molecule has 2 amide bonds. The summed E-state index contributed by atoms with van der Waals surface area (Å²) in [4.78, 5) is 27.6. The smallest absolute Gasteiger partial charge is 0.256 e. The first kappa shape index (κ1) is 18.8. The third-order valence-electron chi connectivity index (χ3n) is 3.51. The van der Waals surface area contributed by atoms with Crippen molar-refractivity contribution in [1.29, 1.82) is 0 Å². The van der Waals surface area contributed by atoms with Gasteiger partial charge in [0.15, 0.2) is 0 Å². The predicted molar refractivity (Wildman–Crippen MR) is 106 cm³/mol. The van der Waals surface area contributed by atoms with E-state index in [9.17, 15) is 14.0 Å². The molecule has 0 bridgehead atoms. The maximum absolute atomic E-state index is 13.1. The Balaban J connectivity index is 1.69. The molecule has 0 spiro atoms. The molecule has 0 atom stereocenters. The number of ether oxygens (including phenoxy) is 1. The molecule has 27 heavy (non-hydrogen) atoms. The van der Waals surface area contributed by atoms with Gasteiger partial charge in [0.25, 0.3) is 5.91 Å². The number of hydrogen-bond donors (Lipinski definition) is 2. The molecule has 1 aromatic heterocycles. The maximum Gasteiger partial charge on any atom is 0.256 e. The van der Waals surface area contributed by atoms with Gasteiger partial charge in [-0.2, -0.15) is 0 Å². The van der Waals surface area contributed by atoms with Gasteiger partial charge >= 0.3 is 0 Å². The number of halogens is 2. The zero-order valence-electron chi connectivity index (χ0n) is 13.8. The molecule has 0 fully saturated rings. The molecule has 0 aliphatic heterocycles. The van der Waals surface area contributed by atoms with Crippen molar-refractivity contribution in [3.05, 3.63) is 81.3 Å². The van der Waals surface area contributed by atoms with E-state index in [0.29, 0.717) is 26.1 Å². The molecule has 3 rings (SSSR count). The molecule has 136 valence electrons. The topological polar surface area (TPSA) is 94.3 Å². The number of anilines is 1. The minimum atomic E-state index is -0.554. The molecule has 6 nitrogen and oxygen atoms in total. The van der Waals surface area contributed by atoms with Gasteiger partial charge in [0.05, 0.1) is 17.4 Å². The molecule has 0 aliphatic carbocycles. The second kappa shape index (κ2) is 8.12. The molecule has 0 saturated heterocycles. The molecule has 0 aliphatic rings. The van der Waals surface area contributed by atoms with Crippen LogP contribution >= 0.6 is 22.6 Å². The number of primary amides is 1. The number of rotatable bonds is 5. The van der Waals surface area contributed by atoms with E-state index in [-0.39, 0.29) is 11.8 Å². The van der Waals surface area contributed by atoms with Crippen molar-refractivity contribution in [1.82, 2.24) is 4.98 Å². The number of aromatic nitrogens is 1. The summed E-state index contributed by atoms with van der Waals surface area (Å²) in [6.45, 7) is 0. The molecule has 3 aromatic rings. The molecule has 1 heterocycles. The van der Waals surface area contributed by atoms with Gasteiger partial charge in [-0.3, -0.25) is 9.59 Å². The van der Waals surface area contributed by atoms with E-state index in [1.54, 1.807) is 30.3 Å². The van der Waals surface area contributed by atoms with Gasteiger partial charge in [-0.05, 0) is 65.1 Å². The van der Waals surface area contributed by atoms with E-state index in [4.69, 9.17) is 10.5 Å². The second-order valence-corrected chi connectivity index (χ2v) is 6.62. The molecule has 0 radical (unpaired) electrons. The van der Waals surface area contributed by atoms with Crippen LogP contribution in [0.1, 0.15) is 20.7 Å². The Morgan fingerprint density at radius 2 is 1.93 bits per heavy atom. The fourth-order valence-corrected chi connectivity index (χ4v) is 2.94. The Labute approximate surface area is 167 Å². The lowest BCUT2D eigenvalue weighted by molar-refractivity contribution is 0.0997. The first-order valence-electron chi connectivity index (χ1n) is 7.72. The molecule has 0 unspecified atom stereocenters. The normalized spacial score (nSPS) is 10.3. The van der Waals surface area contributed by atoms with Gasteiger partial charge in [0.2, 0.25) is 11.8 Å². The number of carbonyl (C=O) groups excluding carboxylic acids is 2. The van der Waals surface area contributed by atoms with Crippen LogP contribution in [0.3, 0.4) is 0 Å². The third-order valence-corrected chi connectivity index (χ3v) is 4.40. The molecule has 3 N–H and O–H groups in total. The summed E-state index contributed by atoms with van der Waals surface area (Å²) in [5, 5.41) is 2.69. The Bertz CT molecular complexity index is 1010. The number of hydrogen-bond acceptors (Lipinski definition) is 4. The largest absolute Gasteiger partial charge is 0.439 e. The summed E-state index contributed by atoms with van der Waals surface area (Å²) in [5.41, 5.74) is 6.38. The summed E-state index contributed by atoms with van der Waals surface area (Å²) in [6.07, 6.45) is 1.43. The third kappa shape index (κ3) is 4.79. The number of nitrogens with zero attached hydrogens (tertiary/aromatic N) is 1. The van der Waals surface area contributed by atoms with Crippen molar-refractivity contribution >= 4 is 40.1 Å². The monoisotopic (exact) mass is 477 g/mol. The zero-order valence-corrected chi connectivity index (χ0v) is 15.9. The Morgan fingerprint density at radius 1 is 1.11 bits per heavy atom. The highest BCUT2D eigenvalue weighted by molar-refractivity contribution is 14.1.